The van der Waals surface area contributed by atoms with Gasteiger partial charge >= 0.3 is 0 Å². The van der Waals surface area contributed by atoms with Gasteiger partial charge < -0.3 is 5.32 Å². The Morgan fingerprint density at radius 3 is 2.72 bits per heavy atom. The molecule has 4 rings (SSSR count). The number of hydrogen-bond donors (Lipinski definition) is 2. The summed E-state index contributed by atoms with van der Waals surface area (Å²) in [6.07, 6.45) is 0.348. The van der Waals surface area contributed by atoms with Gasteiger partial charge in [0.15, 0.2) is 5.82 Å². The molecule has 0 radical (unpaired) electrons. The van der Waals surface area contributed by atoms with Gasteiger partial charge in [0.1, 0.15) is 5.82 Å². The van der Waals surface area contributed by atoms with Gasteiger partial charge in [0, 0.05) is 28.4 Å². The molecule has 0 saturated heterocycles. The van der Waals surface area contributed by atoms with Crippen LogP contribution < -0.4 is 10.9 Å². The Morgan fingerprint density at radius 2 is 2.00 bits per heavy atom. The lowest BCUT2D eigenvalue weighted by Crippen LogP contribution is -2.25. The van der Waals surface area contributed by atoms with E-state index in [-0.39, 0.29) is 17.4 Å². The van der Waals surface area contributed by atoms with Crippen LogP contribution in [-0.2, 0) is 4.79 Å². The standard InChI is InChI=1S/C17H14BrN5O2/c1-9-16-11(10-4-2-3-5-12(10)18)8-15(25)19-17(16)23(22-9)13-6-7-14(24)21-20-13/h2-7,11H,8H2,1H3,(H,19,25)(H,21,24). The number of fused-ring (bicyclic) bond motifs is 1. The number of benzene rings is 1. The molecule has 126 valence electrons. The molecule has 0 aliphatic carbocycles. The number of nitrogens with one attached hydrogen (secondary N) is 2. The summed E-state index contributed by atoms with van der Waals surface area (Å²) in [5.74, 6) is 0.848. The summed E-state index contributed by atoms with van der Waals surface area (Å²) >= 11 is 3.58. The van der Waals surface area contributed by atoms with Crippen molar-refractivity contribution in [1.29, 1.82) is 0 Å². The third-order valence-electron chi connectivity index (χ3n) is 4.26. The number of rotatable bonds is 2. The van der Waals surface area contributed by atoms with Crippen molar-refractivity contribution >= 4 is 27.7 Å². The van der Waals surface area contributed by atoms with E-state index in [0.29, 0.717) is 18.1 Å². The van der Waals surface area contributed by atoms with E-state index in [9.17, 15) is 9.59 Å². The van der Waals surface area contributed by atoms with Crippen molar-refractivity contribution < 1.29 is 4.79 Å². The average molecular weight is 400 g/mol. The Morgan fingerprint density at radius 1 is 1.20 bits per heavy atom. The molecule has 1 amide bonds. The molecule has 2 aromatic heterocycles. The van der Waals surface area contributed by atoms with E-state index in [1.807, 2.05) is 31.2 Å². The van der Waals surface area contributed by atoms with Crippen molar-refractivity contribution in [1.82, 2.24) is 20.0 Å². The first-order valence-corrected chi connectivity index (χ1v) is 8.54. The summed E-state index contributed by atoms with van der Waals surface area (Å²) in [4.78, 5) is 23.6. The van der Waals surface area contributed by atoms with Gasteiger partial charge in [-0.2, -0.15) is 14.9 Å². The van der Waals surface area contributed by atoms with E-state index in [4.69, 9.17) is 0 Å². The predicted molar refractivity (Wildman–Crippen MR) is 95.9 cm³/mol. The van der Waals surface area contributed by atoms with E-state index in [0.717, 1.165) is 21.3 Å². The van der Waals surface area contributed by atoms with Crippen molar-refractivity contribution in [2.45, 2.75) is 19.3 Å². The number of H-pyrrole nitrogens is 1. The molecule has 2 N–H and O–H groups in total. The fraction of sp³-hybridized carbons (Fsp3) is 0.176. The molecule has 1 aliphatic heterocycles. The lowest BCUT2D eigenvalue weighted by atomic mass is 9.86. The average Bonchev–Trinajstić information content (AvgIpc) is 2.92. The van der Waals surface area contributed by atoms with Crippen molar-refractivity contribution in [3.63, 3.8) is 0 Å². The minimum absolute atomic E-state index is 0.0844. The van der Waals surface area contributed by atoms with E-state index < -0.39 is 0 Å². The minimum atomic E-state index is -0.295. The second-order valence-electron chi connectivity index (χ2n) is 5.87. The van der Waals surface area contributed by atoms with Gasteiger partial charge in [0.2, 0.25) is 5.91 Å². The lowest BCUT2D eigenvalue weighted by Gasteiger charge is -2.25. The zero-order valence-corrected chi connectivity index (χ0v) is 14.9. The number of amides is 1. The summed E-state index contributed by atoms with van der Waals surface area (Å²) in [5, 5.41) is 13.8. The van der Waals surface area contributed by atoms with Gasteiger partial charge in [-0.1, -0.05) is 34.1 Å². The van der Waals surface area contributed by atoms with Crippen LogP contribution in [0.4, 0.5) is 5.82 Å². The number of nitrogens with zero attached hydrogens (tertiary/aromatic N) is 3. The van der Waals surface area contributed by atoms with Gasteiger partial charge in [-0.05, 0) is 24.6 Å². The minimum Gasteiger partial charge on any atom is -0.310 e. The first-order valence-electron chi connectivity index (χ1n) is 7.74. The Labute approximate surface area is 151 Å². The van der Waals surface area contributed by atoms with Crippen LogP contribution >= 0.6 is 15.9 Å². The molecule has 1 atom stereocenters. The number of carbonyl (C=O) groups excluding carboxylic acids is 1. The maximum Gasteiger partial charge on any atom is 0.264 e. The summed E-state index contributed by atoms with van der Waals surface area (Å²) in [6, 6.07) is 10.8. The Hall–Kier alpha value is -2.74. The third-order valence-corrected chi connectivity index (χ3v) is 4.99. The van der Waals surface area contributed by atoms with Crippen LogP contribution in [0.1, 0.15) is 29.2 Å². The molecule has 0 bridgehead atoms. The van der Waals surface area contributed by atoms with Crippen LogP contribution in [-0.4, -0.2) is 25.9 Å². The first-order chi connectivity index (χ1) is 12.0. The maximum atomic E-state index is 12.3. The number of anilines is 1. The third kappa shape index (κ3) is 2.68. The van der Waals surface area contributed by atoms with Crippen LogP contribution in [0.2, 0.25) is 0 Å². The summed E-state index contributed by atoms with van der Waals surface area (Å²) < 4.78 is 2.51. The zero-order chi connectivity index (χ0) is 17.6. The Balaban J connectivity index is 1.91. The van der Waals surface area contributed by atoms with Crippen molar-refractivity contribution in [3.8, 4) is 5.82 Å². The van der Waals surface area contributed by atoms with Crippen molar-refractivity contribution in [2.24, 2.45) is 0 Å². The topological polar surface area (TPSA) is 92.7 Å². The number of carbonyl (C=O) groups is 1. The highest BCUT2D eigenvalue weighted by Crippen LogP contribution is 2.41. The molecule has 1 aliphatic rings. The number of aromatic nitrogens is 4. The molecule has 3 heterocycles. The smallest absolute Gasteiger partial charge is 0.264 e. The van der Waals surface area contributed by atoms with Crippen LogP contribution in [0.25, 0.3) is 5.82 Å². The van der Waals surface area contributed by atoms with Gasteiger partial charge in [-0.25, -0.2) is 5.10 Å². The van der Waals surface area contributed by atoms with E-state index in [1.165, 1.54) is 6.07 Å². The number of hydrogen-bond acceptors (Lipinski definition) is 4. The highest BCUT2D eigenvalue weighted by Gasteiger charge is 2.33. The molecular weight excluding hydrogens is 386 g/mol. The zero-order valence-electron chi connectivity index (χ0n) is 13.3. The van der Waals surface area contributed by atoms with Crippen molar-refractivity contribution in [3.05, 3.63) is 68.0 Å². The largest absolute Gasteiger partial charge is 0.310 e. The number of aryl methyl sites for hydroxylation is 1. The Kier molecular flexibility index (Phi) is 3.76. The fourth-order valence-corrected chi connectivity index (χ4v) is 3.75. The normalized spacial score (nSPS) is 16.4. The summed E-state index contributed by atoms with van der Waals surface area (Å²) in [5.41, 5.74) is 2.51. The molecule has 0 fully saturated rings. The van der Waals surface area contributed by atoms with Crippen LogP contribution in [0.5, 0.6) is 0 Å². The summed E-state index contributed by atoms with van der Waals surface area (Å²) in [7, 11) is 0. The maximum absolute atomic E-state index is 12.3. The molecule has 1 aromatic carbocycles. The quantitative estimate of drug-likeness (QED) is 0.692. The molecule has 7 nitrogen and oxygen atoms in total. The molecule has 3 aromatic rings. The van der Waals surface area contributed by atoms with Gasteiger partial charge in [-0.3, -0.25) is 9.59 Å². The highest BCUT2D eigenvalue weighted by molar-refractivity contribution is 9.10. The van der Waals surface area contributed by atoms with Crippen LogP contribution in [0.15, 0.2) is 45.7 Å². The molecule has 8 heteroatoms. The molecular formula is C17H14BrN5O2. The van der Waals surface area contributed by atoms with E-state index >= 15 is 0 Å². The Bertz CT molecular complexity index is 1020. The second kappa shape index (κ2) is 5.96. The van der Waals surface area contributed by atoms with Crippen LogP contribution in [0.3, 0.4) is 0 Å². The number of halogens is 1. The van der Waals surface area contributed by atoms with E-state index in [2.05, 4.69) is 36.5 Å². The monoisotopic (exact) mass is 399 g/mol. The van der Waals surface area contributed by atoms with Crippen LogP contribution in [0, 0.1) is 6.92 Å². The van der Waals surface area contributed by atoms with Gasteiger partial charge in [-0.15, -0.1) is 0 Å². The van der Waals surface area contributed by atoms with Gasteiger partial charge in [0.25, 0.3) is 5.56 Å². The molecule has 0 saturated carbocycles. The predicted octanol–water partition coefficient (Wildman–Crippen LogP) is 2.50. The van der Waals surface area contributed by atoms with Crippen molar-refractivity contribution in [2.75, 3.05) is 5.32 Å². The molecule has 1 unspecified atom stereocenters. The molecule has 25 heavy (non-hydrogen) atoms. The molecule has 0 spiro atoms. The summed E-state index contributed by atoms with van der Waals surface area (Å²) in [6.45, 7) is 1.91. The van der Waals surface area contributed by atoms with Gasteiger partial charge in [0.05, 0.1) is 5.69 Å². The SMILES string of the molecule is Cc1nn(-c2ccc(=O)[nH]n2)c2c1C(c1ccccc1Br)CC(=O)N2. The number of aromatic amines is 1. The fourth-order valence-electron chi connectivity index (χ4n) is 3.19. The second-order valence-corrected chi connectivity index (χ2v) is 6.72. The highest BCUT2D eigenvalue weighted by atomic mass is 79.9. The van der Waals surface area contributed by atoms with E-state index in [1.54, 1.807) is 10.7 Å². The first kappa shape index (κ1) is 15.8. The lowest BCUT2D eigenvalue weighted by molar-refractivity contribution is -0.116.